The van der Waals surface area contributed by atoms with Crippen LogP contribution in [0.4, 0.5) is 5.69 Å². The van der Waals surface area contributed by atoms with Gasteiger partial charge in [-0.05, 0) is 48.1 Å². The summed E-state index contributed by atoms with van der Waals surface area (Å²) in [5, 5.41) is 9.04. The number of benzene rings is 2. The smallest absolute Gasteiger partial charge is 0.307 e. The molecule has 1 unspecified atom stereocenters. The van der Waals surface area contributed by atoms with Crippen LogP contribution in [-0.2, 0) is 39.2 Å². The molecule has 0 bridgehead atoms. The molecule has 4 rings (SSSR count). The predicted molar refractivity (Wildman–Crippen MR) is 97.3 cm³/mol. The largest absolute Gasteiger partial charge is 0.481 e. The lowest BCUT2D eigenvalue weighted by atomic mass is 9.86. The van der Waals surface area contributed by atoms with Gasteiger partial charge in [-0.15, -0.1) is 0 Å². The summed E-state index contributed by atoms with van der Waals surface area (Å²) < 4.78 is 5.99. The van der Waals surface area contributed by atoms with Crippen LogP contribution in [0.25, 0.3) is 0 Å². The average molecular weight is 351 g/mol. The summed E-state index contributed by atoms with van der Waals surface area (Å²) in [4.78, 5) is 26.2. The van der Waals surface area contributed by atoms with Crippen molar-refractivity contribution in [1.82, 2.24) is 0 Å². The number of fused-ring (bicyclic) bond motifs is 2. The summed E-state index contributed by atoms with van der Waals surface area (Å²) in [5.74, 6) is -0.965. The molecular weight excluding hydrogens is 330 g/mol. The van der Waals surface area contributed by atoms with E-state index in [1.807, 2.05) is 49.4 Å². The van der Waals surface area contributed by atoms with E-state index in [4.69, 9.17) is 9.84 Å². The van der Waals surface area contributed by atoms with Crippen LogP contribution < -0.4 is 4.90 Å². The minimum Gasteiger partial charge on any atom is -0.481 e. The number of aliphatic carboxylic acids is 1. The van der Waals surface area contributed by atoms with Crippen molar-refractivity contribution in [3.05, 3.63) is 64.7 Å². The van der Waals surface area contributed by atoms with Crippen LogP contribution in [0.3, 0.4) is 0 Å². The molecule has 2 aromatic rings. The highest BCUT2D eigenvalue weighted by Crippen LogP contribution is 2.38. The molecule has 0 fully saturated rings. The zero-order valence-corrected chi connectivity index (χ0v) is 14.7. The van der Waals surface area contributed by atoms with Gasteiger partial charge in [0.1, 0.15) is 0 Å². The Kier molecular flexibility index (Phi) is 4.04. The van der Waals surface area contributed by atoms with Crippen molar-refractivity contribution >= 4 is 17.6 Å². The van der Waals surface area contributed by atoms with Gasteiger partial charge in [0, 0.05) is 12.2 Å². The molecule has 2 aliphatic rings. The Hall–Kier alpha value is -2.66. The van der Waals surface area contributed by atoms with Gasteiger partial charge >= 0.3 is 5.97 Å². The number of rotatable bonds is 3. The molecule has 26 heavy (non-hydrogen) atoms. The summed E-state index contributed by atoms with van der Waals surface area (Å²) >= 11 is 0. The third-order valence-corrected chi connectivity index (χ3v) is 5.35. The number of hydrogen-bond acceptors (Lipinski definition) is 3. The van der Waals surface area contributed by atoms with Crippen LogP contribution in [0.15, 0.2) is 42.5 Å². The molecule has 0 aliphatic carbocycles. The van der Waals surface area contributed by atoms with Gasteiger partial charge in [0.25, 0.3) is 5.91 Å². The highest BCUT2D eigenvalue weighted by Gasteiger charge is 2.44. The standard InChI is InChI=1S/C21H21NO4/c1-21(17-5-3-2-4-15(17)9-11-26-21)20(25)22-10-8-16-7-6-14(12-18(16)22)13-19(23)24/h2-7,12H,8-11,13H2,1H3,(H,23,24). The highest BCUT2D eigenvalue weighted by molar-refractivity contribution is 6.02. The Balaban J connectivity index is 1.70. The van der Waals surface area contributed by atoms with E-state index in [0.717, 1.165) is 35.2 Å². The van der Waals surface area contributed by atoms with Gasteiger partial charge in [0.2, 0.25) is 0 Å². The molecule has 5 heteroatoms. The van der Waals surface area contributed by atoms with E-state index in [0.29, 0.717) is 18.7 Å². The second-order valence-corrected chi connectivity index (χ2v) is 7.03. The zero-order chi connectivity index (χ0) is 18.3. The quantitative estimate of drug-likeness (QED) is 0.923. The van der Waals surface area contributed by atoms with Crippen molar-refractivity contribution in [2.75, 3.05) is 18.1 Å². The molecular formula is C21H21NO4. The third-order valence-electron chi connectivity index (χ3n) is 5.35. The molecule has 2 aliphatic heterocycles. The molecule has 1 N–H and O–H groups in total. The van der Waals surface area contributed by atoms with Gasteiger partial charge in [-0.2, -0.15) is 0 Å². The summed E-state index contributed by atoms with van der Waals surface area (Å²) in [6, 6.07) is 13.5. The summed E-state index contributed by atoms with van der Waals surface area (Å²) in [6.07, 6.45) is 1.52. The number of ether oxygens (including phenoxy) is 1. The Labute approximate surface area is 152 Å². The molecule has 134 valence electrons. The molecule has 0 saturated carbocycles. The lowest BCUT2D eigenvalue weighted by Crippen LogP contribution is -2.48. The second-order valence-electron chi connectivity index (χ2n) is 7.03. The number of carbonyl (C=O) groups excluding carboxylic acids is 1. The van der Waals surface area contributed by atoms with Gasteiger partial charge in [-0.3, -0.25) is 9.59 Å². The van der Waals surface area contributed by atoms with E-state index in [-0.39, 0.29) is 12.3 Å². The summed E-state index contributed by atoms with van der Waals surface area (Å²) in [7, 11) is 0. The Morgan fingerprint density at radius 3 is 2.77 bits per heavy atom. The maximum absolute atomic E-state index is 13.5. The first kappa shape index (κ1) is 16.8. The van der Waals surface area contributed by atoms with Gasteiger partial charge in [-0.25, -0.2) is 0 Å². The maximum atomic E-state index is 13.5. The van der Waals surface area contributed by atoms with Gasteiger partial charge in [0.05, 0.1) is 13.0 Å². The van der Waals surface area contributed by atoms with Gasteiger partial charge in [0.15, 0.2) is 5.60 Å². The van der Waals surface area contributed by atoms with Crippen LogP contribution >= 0.6 is 0 Å². The minimum absolute atomic E-state index is 0.0497. The number of carbonyl (C=O) groups is 2. The molecule has 0 saturated heterocycles. The predicted octanol–water partition coefficient (Wildman–Crippen LogP) is 2.69. The van der Waals surface area contributed by atoms with E-state index in [1.165, 1.54) is 0 Å². The Morgan fingerprint density at radius 2 is 1.96 bits per heavy atom. The number of hydrogen-bond donors (Lipinski definition) is 1. The molecule has 0 radical (unpaired) electrons. The number of carboxylic acid groups (broad SMARTS) is 1. The Morgan fingerprint density at radius 1 is 1.15 bits per heavy atom. The lowest BCUT2D eigenvalue weighted by molar-refractivity contribution is -0.145. The topological polar surface area (TPSA) is 66.8 Å². The van der Waals surface area contributed by atoms with Gasteiger partial charge in [-0.1, -0.05) is 36.4 Å². The SMILES string of the molecule is CC1(C(=O)N2CCc3ccc(CC(=O)O)cc32)OCCc2ccccc21. The number of nitrogens with zero attached hydrogens (tertiary/aromatic N) is 1. The van der Waals surface area contributed by atoms with E-state index < -0.39 is 11.6 Å². The summed E-state index contributed by atoms with van der Waals surface area (Å²) in [6.45, 7) is 2.94. The number of amides is 1. The fraction of sp³-hybridized carbons (Fsp3) is 0.333. The Bertz CT molecular complexity index is 891. The van der Waals surface area contributed by atoms with Crippen LogP contribution in [-0.4, -0.2) is 30.1 Å². The zero-order valence-electron chi connectivity index (χ0n) is 14.7. The van der Waals surface area contributed by atoms with Crippen molar-refractivity contribution < 1.29 is 19.4 Å². The van der Waals surface area contributed by atoms with Gasteiger partial charge < -0.3 is 14.7 Å². The van der Waals surface area contributed by atoms with Crippen molar-refractivity contribution in [2.45, 2.75) is 31.8 Å². The van der Waals surface area contributed by atoms with Crippen LogP contribution in [0.2, 0.25) is 0 Å². The normalized spacial score (nSPS) is 21.2. The summed E-state index contributed by atoms with van der Waals surface area (Å²) in [5.41, 5.74) is 3.63. The first-order chi connectivity index (χ1) is 12.5. The van der Waals surface area contributed by atoms with Crippen LogP contribution in [0.5, 0.6) is 0 Å². The van der Waals surface area contributed by atoms with E-state index >= 15 is 0 Å². The monoisotopic (exact) mass is 351 g/mol. The first-order valence-corrected chi connectivity index (χ1v) is 8.87. The lowest BCUT2D eigenvalue weighted by Gasteiger charge is -2.37. The maximum Gasteiger partial charge on any atom is 0.307 e. The first-order valence-electron chi connectivity index (χ1n) is 8.87. The second kappa shape index (κ2) is 6.25. The van der Waals surface area contributed by atoms with E-state index in [9.17, 15) is 9.59 Å². The van der Waals surface area contributed by atoms with Crippen molar-refractivity contribution in [1.29, 1.82) is 0 Å². The van der Waals surface area contributed by atoms with Crippen molar-refractivity contribution in [3.8, 4) is 0 Å². The van der Waals surface area contributed by atoms with Crippen LogP contribution in [0, 0.1) is 0 Å². The molecule has 2 heterocycles. The fourth-order valence-electron chi connectivity index (χ4n) is 4.00. The van der Waals surface area contributed by atoms with Crippen LogP contribution in [0.1, 0.15) is 29.2 Å². The molecule has 1 atom stereocenters. The number of carboxylic acids is 1. The molecule has 0 aromatic heterocycles. The minimum atomic E-state index is -1.01. The average Bonchev–Trinajstić information content (AvgIpc) is 3.04. The molecule has 5 nitrogen and oxygen atoms in total. The third kappa shape index (κ3) is 2.69. The molecule has 2 aromatic carbocycles. The van der Waals surface area contributed by atoms with E-state index in [1.54, 1.807) is 4.90 Å². The van der Waals surface area contributed by atoms with E-state index in [2.05, 4.69) is 0 Å². The molecule has 0 spiro atoms. The molecule has 1 amide bonds. The fourth-order valence-corrected chi connectivity index (χ4v) is 4.00. The highest BCUT2D eigenvalue weighted by atomic mass is 16.5. The number of anilines is 1. The van der Waals surface area contributed by atoms with Crippen molar-refractivity contribution in [2.24, 2.45) is 0 Å². The van der Waals surface area contributed by atoms with Crippen molar-refractivity contribution in [3.63, 3.8) is 0 Å².